The molecule has 2 fully saturated rings. The van der Waals surface area contributed by atoms with Crippen molar-refractivity contribution in [2.75, 3.05) is 34.4 Å². The van der Waals surface area contributed by atoms with E-state index in [0.29, 0.717) is 17.4 Å². The van der Waals surface area contributed by atoms with Gasteiger partial charge in [0.15, 0.2) is 0 Å². The quantitative estimate of drug-likeness (QED) is 0.430. The summed E-state index contributed by atoms with van der Waals surface area (Å²) in [6.07, 6.45) is 4.50. The Labute approximate surface area is 172 Å². The number of methoxy groups -OCH3 is 3. The van der Waals surface area contributed by atoms with E-state index < -0.39 is 0 Å². The molecule has 1 unspecified atom stereocenters. The summed E-state index contributed by atoms with van der Waals surface area (Å²) in [5.74, 6) is 1.42. The summed E-state index contributed by atoms with van der Waals surface area (Å²) < 4.78 is 16.0. The number of esters is 1. The first kappa shape index (κ1) is 20.0. The van der Waals surface area contributed by atoms with Crippen LogP contribution in [0.25, 0.3) is 0 Å². The highest BCUT2D eigenvalue weighted by atomic mass is 16.5. The molecule has 3 heterocycles. The molecule has 156 valence electrons. The van der Waals surface area contributed by atoms with E-state index in [4.69, 9.17) is 19.2 Å². The molecule has 0 N–H and O–H groups in total. The molecule has 1 aromatic rings. The van der Waals surface area contributed by atoms with Crippen molar-refractivity contribution in [1.29, 1.82) is 0 Å². The molecule has 3 aliphatic heterocycles. The molecule has 0 aliphatic carbocycles. The van der Waals surface area contributed by atoms with Gasteiger partial charge >= 0.3 is 5.97 Å². The molecule has 0 saturated carbocycles. The van der Waals surface area contributed by atoms with Gasteiger partial charge in [-0.15, -0.1) is 0 Å². The number of hydrogen-bond acceptors (Lipinski definition) is 6. The van der Waals surface area contributed by atoms with Gasteiger partial charge in [0.25, 0.3) is 0 Å². The zero-order valence-corrected chi connectivity index (χ0v) is 17.7. The third-order valence-corrected chi connectivity index (χ3v) is 6.81. The van der Waals surface area contributed by atoms with Crippen molar-refractivity contribution in [3.05, 3.63) is 35.6 Å². The van der Waals surface area contributed by atoms with E-state index in [0.717, 1.165) is 43.8 Å². The van der Waals surface area contributed by atoms with Gasteiger partial charge in [-0.2, -0.15) is 0 Å². The van der Waals surface area contributed by atoms with Crippen LogP contribution < -0.4 is 4.74 Å². The first-order valence-electron chi connectivity index (χ1n) is 10.4. The molecule has 0 amide bonds. The first-order valence-corrected chi connectivity index (χ1v) is 10.4. The topological polar surface area (TPSA) is 60.4 Å². The number of benzene rings is 1. The molecule has 2 saturated heterocycles. The van der Waals surface area contributed by atoms with Gasteiger partial charge in [0.2, 0.25) is 0 Å². The van der Waals surface area contributed by atoms with Gasteiger partial charge in [0, 0.05) is 29.8 Å². The molecule has 6 heteroatoms. The third-order valence-electron chi connectivity index (χ3n) is 6.81. The number of fused-ring (bicyclic) bond motifs is 5. The summed E-state index contributed by atoms with van der Waals surface area (Å²) in [5.41, 5.74) is 4.11. The van der Waals surface area contributed by atoms with E-state index in [9.17, 15) is 4.79 Å². The average Bonchev–Trinajstić information content (AvgIpc) is 3.15. The van der Waals surface area contributed by atoms with Gasteiger partial charge in [-0.3, -0.25) is 9.89 Å². The minimum absolute atomic E-state index is 0.0979. The number of nitrogens with zero attached hydrogens (tertiary/aromatic N) is 2. The summed E-state index contributed by atoms with van der Waals surface area (Å²) in [6.45, 7) is 4.19. The van der Waals surface area contributed by atoms with E-state index in [1.807, 2.05) is 12.1 Å². The first-order chi connectivity index (χ1) is 14.1. The Hall–Kier alpha value is -2.34. The van der Waals surface area contributed by atoms with Crippen molar-refractivity contribution in [1.82, 2.24) is 4.90 Å². The number of ether oxygens (including phenoxy) is 3. The lowest BCUT2D eigenvalue weighted by Crippen LogP contribution is -2.55. The molecular weight excluding hydrogens is 368 g/mol. The maximum atomic E-state index is 12.5. The summed E-state index contributed by atoms with van der Waals surface area (Å²) in [5, 5.41) is 0. The van der Waals surface area contributed by atoms with Crippen LogP contribution in [0.15, 0.2) is 35.0 Å². The Morgan fingerprint density at radius 3 is 2.83 bits per heavy atom. The Kier molecular flexibility index (Phi) is 5.63. The molecular formula is C23H30N2O4. The summed E-state index contributed by atoms with van der Waals surface area (Å²) in [7, 11) is 4.74. The van der Waals surface area contributed by atoms with Crippen LogP contribution in [0.5, 0.6) is 5.75 Å². The lowest BCUT2D eigenvalue weighted by atomic mass is 9.71. The Morgan fingerprint density at radius 1 is 1.31 bits per heavy atom. The molecule has 6 nitrogen and oxygen atoms in total. The lowest BCUT2D eigenvalue weighted by molar-refractivity contribution is -0.137. The van der Waals surface area contributed by atoms with Gasteiger partial charge in [0.1, 0.15) is 5.75 Å². The fourth-order valence-electron chi connectivity index (χ4n) is 5.44. The summed E-state index contributed by atoms with van der Waals surface area (Å²) in [6, 6.07) is 6.33. The predicted molar refractivity (Wildman–Crippen MR) is 112 cm³/mol. The molecule has 0 aromatic heterocycles. The van der Waals surface area contributed by atoms with E-state index in [1.54, 1.807) is 20.5 Å². The number of carbonyl (C=O) groups is 1. The molecule has 29 heavy (non-hydrogen) atoms. The normalized spacial score (nSPS) is 28.7. The van der Waals surface area contributed by atoms with Gasteiger partial charge in [-0.1, -0.05) is 19.4 Å². The van der Waals surface area contributed by atoms with Crippen LogP contribution in [0.2, 0.25) is 0 Å². The van der Waals surface area contributed by atoms with Gasteiger partial charge in [0.05, 0.1) is 38.9 Å². The lowest BCUT2D eigenvalue weighted by Gasteiger charge is -2.48. The van der Waals surface area contributed by atoms with Crippen molar-refractivity contribution >= 4 is 17.4 Å². The maximum absolute atomic E-state index is 12.5. The van der Waals surface area contributed by atoms with Crippen LogP contribution in [0.3, 0.4) is 0 Å². The fourth-order valence-corrected chi connectivity index (χ4v) is 5.44. The van der Waals surface area contributed by atoms with Crippen LogP contribution in [0.4, 0.5) is 5.69 Å². The second-order valence-electron chi connectivity index (χ2n) is 8.09. The van der Waals surface area contributed by atoms with E-state index in [1.165, 1.54) is 18.4 Å². The summed E-state index contributed by atoms with van der Waals surface area (Å²) in [4.78, 5) is 20.1. The van der Waals surface area contributed by atoms with Crippen molar-refractivity contribution in [3.8, 4) is 5.75 Å². The Morgan fingerprint density at radius 2 is 2.14 bits per heavy atom. The highest BCUT2D eigenvalue weighted by molar-refractivity contribution is 6.03. The Balaban J connectivity index is 1.68. The molecule has 0 radical (unpaired) electrons. The second kappa shape index (κ2) is 8.19. The molecule has 4 rings (SSSR count). The number of piperidine rings is 2. The average molecular weight is 399 g/mol. The zero-order valence-electron chi connectivity index (χ0n) is 17.7. The largest absolute Gasteiger partial charge is 0.504 e. The van der Waals surface area contributed by atoms with E-state index in [2.05, 4.69) is 17.9 Å². The highest BCUT2D eigenvalue weighted by Gasteiger charge is 2.47. The monoisotopic (exact) mass is 398 g/mol. The highest BCUT2D eigenvalue weighted by Crippen LogP contribution is 2.49. The predicted octanol–water partition coefficient (Wildman–Crippen LogP) is 3.69. The van der Waals surface area contributed by atoms with E-state index >= 15 is 0 Å². The molecule has 0 bridgehead atoms. The zero-order chi connectivity index (χ0) is 20.5. The minimum atomic E-state index is -0.297. The third kappa shape index (κ3) is 3.33. The summed E-state index contributed by atoms with van der Waals surface area (Å²) >= 11 is 0. The Bertz CT molecular complexity index is 847. The van der Waals surface area contributed by atoms with Gasteiger partial charge in [-0.05, 0) is 43.4 Å². The van der Waals surface area contributed by atoms with Crippen molar-refractivity contribution < 1.29 is 19.0 Å². The van der Waals surface area contributed by atoms with Crippen LogP contribution in [0.1, 0.15) is 37.7 Å². The second-order valence-corrected chi connectivity index (χ2v) is 8.09. The molecule has 1 aromatic carbocycles. The van der Waals surface area contributed by atoms with Crippen molar-refractivity contribution in [2.24, 2.45) is 16.8 Å². The smallest absolute Gasteiger partial charge is 0.337 e. The van der Waals surface area contributed by atoms with Crippen LogP contribution in [-0.4, -0.2) is 57.0 Å². The number of aliphatic imine (C=N–C) groups is 1. The van der Waals surface area contributed by atoms with Crippen LogP contribution in [-0.2, 0) is 14.3 Å². The van der Waals surface area contributed by atoms with Crippen LogP contribution >= 0.6 is 0 Å². The van der Waals surface area contributed by atoms with Crippen LogP contribution in [0, 0.1) is 11.8 Å². The minimum Gasteiger partial charge on any atom is -0.504 e. The fraction of sp³-hybridized carbons (Fsp3) is 0.565. The standard InChI is InChI=1S/C23H30N2O4/c1-5-14-12-25-10-9-15-21-18(7-6-8-20(21)28-3)24-22(15)19(25)11-16(14)17(13-27-2)23(26)29-4/h6-8,13-16,19H,5,9-12H2,1-4H3/b17-13-/t14-,15?,16+,19+/m1/s1. The maximum Gasteiger partial charge on any atom is 0.337 e. The molecule has 0 spiro atoms. The number of carbonyl (C=O) groups excluding carboxylic acids is 1. The van der Waals surface area contributed by atoms with Crippen molar-refractivity contribution in [3.63, 3.8) is 0 Å². The van der Waals surface area contributed by atoms with Crippen molar-refractivity contribution in [2.45, 2.75) is 38.1 Å². The van der Waals surface area contributed by atoms with Gasteiger partial charge in [-0.25, -0.2) is 4.79 Å². The number of hydrogen-bond donors (Lipinski definition) is 0. The molecule has 4 atom stereocenters. The molecule has 3 aliphatic rings. The van der Waals surface area contributed by atoms with Gasteiger partial charge < -0.3 is 14.2 Å². The SMILES string of the molecule is CC[C@@H]1CN2CCC3C(=Nc4cccc(OC)c43)[C@@H]2C[C@@H]1/C(=C/OC)C(=O)OC. The van der Waals surface area contributed by atoms with E-state index in [-0.39, 0.29) is 17.9 Å². The number of rotatable bonds is 5.